The number of hydrogen-bond donors (Lipinski definition) is 2. The van der Waals surface area contributed by atoms with Crippen LogP contribution in [0.3, 0.4) is 0 Å². The molecule has 1 unspecified atom stereocenters. The van der Waals surface area contributed by atoms with E-state index in [9.17, 15) is 13.2 Å². The van der Waals surface area contributed by atoms with E-state index in [1.807, 2.05) is 0 Å². The molecule has 0 radical (unpaired) electrons. The smallest absolute Gasteiger partial charge is 0.390 e. The van der Waals surface area contributed by atoms with Gasteiger partial charge in [0.25, 0.3) is 0 Å². The summed E-state index contributed by atoms with van der Waals surface area (Å²) in [5.74, 6) is 0. The van der Waals surface area contributed by atoms with Crippen molar-refractivity contribution in [3.8, 4) is 0 Å². The van der Waals surface area contributed by atoms with E-state index in [1.54, 1.807) is 0 Å². The summed E-state index contributed by atoms with van der Waals surface area (Å²) in [4.78, 5) is 0.984. The van der Waals surface area contributed by atoms with E-state index < -0.39 is 18.8 Å². The Morgan fingerprint density at radius 2 is 2.00 bits per heavy atom. The number of nitrogens with two attached hydrogens (primary N) is 1. The van der Waals surface area contributed by atoms with Crippen molar-refractivity contribution >= 4 is 0 Å². The van der Waals surface area contributed by atoms with Gasteiger partial charge in [0.2, 0.25) is 0 Å². The summed E-state index contributed by atoms with van der Waals surface area (Å²) in [5.41, 5.74) is 5.03. The van der Waals surface area contributed by atoms with E-state index in [2.05, 4.69) is 0 Å². The number of likely N-dealkylation sites (N-methyl/N-ethyl adjacent to an activating group) is 1. The highest BCUT2D eigenvalue weighted by Gasteiger charge is 2.29. The second-order valence-corrected chi connectivity index (χ2v) is 2.70. The molecule has 0 saturated carbocycles. The highest BCUT2D eigenvalue weighted by atomic mass is 19.4. The molecule has 0 spiro atoms. The van der Waals surface area contributed by atoms with Gasteiger partial charge < -0.3 is 10.8 Å². The lowest BCUT2D eigenvalue weighted by molar-refractivity contribution is -0.145. The predicted octanol–water partition coefficient (Wildman–Crippen LogP) is -0.200. The normalized spacial score (nSPS) is 15.2. The Balaban J connectivity index is 3.66. The fourth-order valence-electron chi connectivity index (χ4n) is 0.805. The van der Waals surface area contributed by atoms with Gasteiger partial charge in [0, 0.05) is 13.1 Å². The molecule has 74 valence electrons. The average molecular weight is 186 g/mol. The summed E-state index contributed by atoms with van der Waals surface area (Å²) in [5, 5.41) is 8.89. The Kier molecular flexibility index (Phi) is 4.51. The van der Waals surface area contributed by atoms with Gasteiger partial charge in [-0.25, -0.2) is 0 Å². The molecule has 0 aliphatic carbocycles. The van der Waals surface area contributed by atoms with E-state index in [0.717, 1.165) is 4.90 Å². The third-order valence-corrected chi connectivity index (χ3v) is 1.24. The molecule has 0 aliphatic heterocycles. The first-order valence-electron chi connectivity index (χ1n) is 3.48. The monoisotopic (exact) mass is 186 g/mol. The molecule has 0 aromatic heterocycles. The van der Waals surface area contributed by atoms with Gasteiger partial charge >= 0.3 is 6.18 Å². The summed E-state index contributed by atoms with van der Waals surface area (Å²) in [7, 11) is 1.28. The second-order valence-electron chi connectivity index (χ2n) is 2.70. The van der Waals surface area contributed by atoms with Crippen molar-refractivity contribution in [2.45, 2.75) is 12.3 Å². The van der Waals surface area contributed by atoms with Crippen molar-refractivity contribution in [1.29, 1.82) is 0 Å². The van der Waals surface area contributed by atoms with Gasteiger partial charge in [-0.1, -0.05) is 0 Å². The van der Waals surface area contributed by atoms with Crippen molar-refractivity contribution in [3.05, 3.63) is 0 Å². The highest BCUT2D eigenvalue weighted by molar-refractivity contribution is 4.64. The third-order valence-electron chi connectivity index (χ3n) is 1.24. The Labute approximate surface area is 69.0 Å². The number of nitrogens with zero attached hydrogens (tertiary/aromatic N) is 1. The van der Waals surface area contributed by atoms with Crippen molar-refractivity contribution in [1.82, 2.24) is 4.90 Å². The van der Waals surface area contributed by atoms with E-state index >= 15 is 0 Å². The van der Waals surface area contributed by atoms with Crippen molar-refractivity contribution < 1.29 is 18.3 Å². The van der Waals surface area contributed by atoms with Crippen LogP contribution in [0, 0.1) is 0 Å². The SMILES string of the molecule is CN(CC(O)CN)CC(F)(F)F. The van der Waals surface area contributed by atoms with Gasteiger partial charge in [0.15, 0.2) is 0 Å². The number of rotatable bonds is 4. The molecule has 12 heavy (non-hydrogen) atoms. The summed E-state index contributed by atoms with van der Waals surface area (Å²) in [6, 6.07) is 0. The van der Waals surface area contributed by atoms with Crippen LogP contribution in [0.15, 0.2) is 0 Å². The van der Waals surface area contributed by atoms with Gasteiger partial charge in [0.1, 0.15) is 0 Å². The number of aliphatic hydroxyl groups is 1. The molecule has 6 heteroatoms. The molecule has 0 amide bonds. The van der Waals surface area contributed by atoms with Gasteiger partial charge in [-0.05, 0) is 7.05 Å². The molecule has 0 heterocycles. The molecule has 0 rings (SSSR count). The van der Waals surface area contributed by atoms with Crippen LogP contribution in [-0.4, -0.2) is 49.0 Å². The second kappa shape index (κ2) is 4.64. The van der Waals surface area contributed by atoms with E-state index in [1.165, 1.54) is 7.05 Å². The summed E-state index contributed by atoms with van der Waals surface area (Å²) in [6.45, 7) is -1.11. The summed E-state index contributed by atoms with van der Waals surface area (Å²) < 4.78 is 35.1. The minimum Gasteiger partial charge on any atom is -0.390 e. The maximum atomic E-state index is 11.7. The lowest BCUT2D eigenvalue weighted by Gasteiger charge is -2.20. The van der Waals surface area contributed by atoms with E-state index in [-0.39, 0.29) is 13.1 Å². The molecule has 3 nitrogen and oxygen atoms in total. The first kappa shape index (κ1) is 11.7. The van der Waals surface area contributed by atoms with Gasteiger partial charge in [-0.3, -0.25) is 4.90 Å². The highest BCUT2D eigenvalue weighted by Crippen LogP contribution is 2.15. The van der Waals surface area contributed by atoms with Crippen LogP contribution < -0.4 is 5.73 Å². The van der Waals surface area contributed by atoms with Crippen LogP contribution in [0.2, 0.25) is 0 Å². The van der Waals surface area contributed by atoms with Gasteiger partial charge in [-0.2, -0.15) is 13.2 Å². The standard InChI is InChI=1S/C6H13F3N2O/c1-11(3-5(12)2-10)4-6(7,8)9/h5,12H,2-4,10H2,1H3. The van der Waals surface area contributed by atoms with E-state index in [4.69, 9.17) is 10.8 Å². The van der Waals surface area contributed by atoms with Crippen LogP contribution in [-0.2, 0) is 0 Å². The molecular formula is C6H13F3N2O. The zero-order valence-electron chi connectivity index (χ0n) is 6.80. The number of hydrogen-bond acceptors (Lipinski definition) is 3. The molecule has 0 aromatic carbocycles. The van der Waals surface area contributed by atoms with Crippen molar-refractivity contribution in [3.63, 3.8) is 0 Å². The molecular weight excluding hydrogens is 173 g/mol. The average Bonchev–Trinajstić information content (AvgIpc) is 1.82. The summed E-state index contributed by atoms with van der Waals surface area (Å²) in [6.07, 6.45) is -5.11. The van der Waals surface area contributed by atoms with Crippen LogP contribution in [0.5, 0.6) is 0 Å². The first-order valence-corrected chi connectivity index (χ1v) is 3.48. The number of aliphatic hydroxyl groups excluding tert-OH is 1. The van der Waals surface area contributed by atoms with Gasteiger partial charge in [0.05, 0.1) is 12.6 Å². The number of halogens is 3. The zero-order chi connectivity index (χ0) is 9.78. The third kappa shape index (κ3) is 6.38. The molecule has 0 aromatic rings. The Bertz CT molecular complexity index is 128. The largest absolute Gasteiger partial charge is 0.401 e. The fraction of sp³-hybridized carbons (Fsp3) is 1.00. The lowest BCUT2D eigenvalue weighted by Crippen LogP contribution is -2.39. The van der Waals surface area contributed by atoms with Crippen molar-refractivity contribution in [2.75, 3.05) is 26.7 Å². The number of alkyl halides is 3. The molecule has 1 atom stereocenters. The quantitative estimate of drug-likeness (QED) is 0.639. The fourth-order valence-corrected chi connectivity index (χ4v) is 0.805. The van der Waals surface area contributed by atoms with Crippen LogP contribution in [0.25, 0.3) is 0 Å². The lowest BCUT2D eigenvalue weighted by atomic mass is 10.3. The van der Waals surface area contributed by atoms with E-state index in [0.29, 0.717) is 0 Å². The molecule has 0 saturated heterocycles. The zero-order valence-corrected chi connectivity index (χ0v) is 6.80. The van der Waals surface area contributed by atoms with Crippen LogP contribution in [0.4, 0.5) is 13.2 Å². The first-order chi connectivity index (χ1) is 5.35. The molecule has 3 N–H and O–H groups in total. The van der Waals surface area contributed by atoms with Gasteiger partial charge in [-0.15, -0.1) is 0 Å². The molecule has 0 fully saturated rings. The van der Waals surface area contributed by atoms with Crippen LogP contribution >= 0.6 is 0 Å². The maximum absolute atomic E-state index is 11.7. The molecule has 0 aliphatic rings. The molecule has 0 bridgehead atoms. The Hall–Kier alpha value is -0.330. The Morgan fingerprint density at radius 3 is 2.33 bits per heavy atom. The van der Waals surface area contributed by atoms with Crippen LogP contribution in [0.1, 0.15) is 0 Å². The minimum atomic E-state index is -4.22. The topological polar surface area (TPSA) is 49.5 Å². The van der Waals surface area contributed by atoms with Crippen molar-refractivity contribution in [2.24, 2.45) is 5.73 Å². The maximum Gasteiger partial charge on any atom is 0.401 e. The predicted molar refractivity (Wildman–Crippen MR) is 38.6 cm³/mol. The summed E-state index contributed by atoms with van der Waals surface area (Å²) >= 11 is 0. The minimum absolute atomic E-state index is 0.0256. The Morgan fingerprint density at radius 1 is 1.50 bits per heavy atom.